The third-order valence-electron chi connectivity index (χ3n) is 0.906. The van der Waals surface area contributed by atoms with Gasteiger partial charge in [0.1, 0.15) is 0 Å². The second-order valence-electron chi connectivity index (χ2n) is 1.60. The number of alkyl halides is 2. The Morgan fingerprint density at radius 2 is 2.29 bits per heavy atom. The molecule has 0 aromatic heterocycles. The van der Waals surface area contributed by atoms with Crippen molar-refractivity contribution >= 4 is 0 Å². The van der Waals surface area contributed by atoms with Crippen LogP contribution in [0, 0.1) is 6.42 Å². The molecule has 1 radical (unpaired) electrons. The van der Waals surface area contributed by atoms with Gasteiger partial charge in [-0.3, -0.25) is 0 Å². The highest BCUT2D eigenvalue weighted by molar-refractivity contribution is 4.94. The van der Waals surface area contributed by atoms with Crippen LogP contribution in [0.4, 0.5) is 8.78 Å². The zero-order valence-corrected chi connectivity index (χ0v) is 3.75. The van der Waals surface area contributed by atoms with Crippen molar-refractivity contribution in [1.82, 2.24) is 5.32 Å². The van der Waals surface area contributed by atoms with E-state index in [0.717, 1.165) is 6.42 Å². The maximum atomic E-state index is 11.8. The second-order valence-corrected chi connectivity index (χ2v) is 1.60. The van der Waals surface area contributed by atoms with Gasteiger partial charge in [0.2, 0.25) is 0 Å². The van der Waals surface area contributed by atoms with Gasteiger partial charge < -0.3 is 5.32 Å². The van der Waals surface area contributed by atoms with Gasteiger partial charge in [-0.25, -0.2) is 8.78 Å². The molecule has 1 aliphatic rings. The molecule has 0 spiro atoms. The van der Waals surface area contributed by atoms with Crippen molar-refractivity contribution in [1.29, 1.82) is 0 Å². The van der Waals surface area contributed by atoms with Gasteiger partial charge in [-0.1, -0.05) is 0 Å². The molecule has 0 atom stereocenters. The molecule has 41 valence electrons. The van der Waals surface area contributed by atoms with Gasteiger partial charge in [-0.15, -0.1) is 0 Å². The van der Waals surface area contributed by atoms with Crippen LogP contribution in [0.25, 0.3) is 0 Å². The minimum absolute atomic E-state index is 0.188. The summed E-state index contributed by atoms with van der Waals surface area (Å²) >= 11 is 0. The Hall–Kier alpha value is -0.180. The highest BCUT2D eigenvalue weighted by Gasteiger charge is 2.32. The Kier molecular flexibility index (Phi) is 0.995. The third-order valence-corrected chi connectivity index (χ3v) is 0.906. The normalized spacial score (nSPS) is 28.3. The molecule has 0 aromatic rings. The van der Waals surface area contributed by atoms with Gasteiger partial charge in [0.15, 0.2) is 0 Å². The van der Waals surface area contributed by atoms with Crippen molar-refractivity contribution in [3.8, 4) is 0 Å². The van der Waals surface area contributed by atoms with Gasteiger partial charge in [0, 0.05) is 13.0 Å². The fourth-order valence-electron chi connectivity index (χ4n) is 0.532. The predicted octanol–water partition coefficient (Wildman–Crippen LogP) is 0.429. The number of nitrogens with one attached hydrogen (secondary N) is 1. The van der Waals surface area contributed by atoms with Crippen LogP contribution in [0.15, 0.2) is 0 Å². The maximum Gasteiger partial charge on any atom is 0.264 e. The van der Waals surface area contributed by atoms with E-state index in [0.29, 0.717) is 6.54 Å². The monoisotopic (exact) mass is 106 g/mol. The van der Waals surface area contributed by atoms with E-state index in [2.05, 4.69) is 5.32 Å². The van der Waals surface area contributed by atoms with E-state index < -0.39 is 5.92 Å². The van der Waals surface area contributed by atoms with Crippen molar-refractivity contribution < 1.29 is 8.78 Å². The van der Waals surface area contributed by atoms with E-state index in [4.69, 9.17) is 0 Å². The second kappa shape index (κ2) is 1.40. The minimum atomic E-state index is -2.54. The smallest absolute Gasteiger partial charge is 0.264 e. The Morgan fingerprint density at radius 1 is 1.57 bits per heavy atom. The average Bonchev–Trinajstić information content (AvgIpc) is 1.84. The zero-order valence-electron chi connectivity index (χ0n) is 3.75. The van der Waals surface area contributed by atoms with Gasteiger partial charge in [-0.05, 0) is 0 Å². The summed E-state index contributed by atoms with van der Waals surface area (Å²) in [5, 5.41) is 2.51. The first-order valence-electron chi connectivity index (χ1n) is 2.14. The third kappa shape index (κ3) is 1.09. The molecule has 0 saturated carbocycles. The van der Waals surface area contributed by atoms with Crippen molar-refractivity contribution in [3.05, 3.63) is 6.42 Å². The van der Waals surface area contributed by atoms with Crippen LogP contribution < -0.4 is 5.32 Å². The molecule has 0 unspecified atom stereocenters. The Bertz CT molecular complexity index is 64.1. The lowest BCUT2D eigenvalue weighted by molar-refractivity contribution is 0.0590. The van der Waals surface area contributed by atoms with Crippen LogP contribution in [-0.2, 0) is 0 Å². The molecule has 1 saturated heterocycles. The van der Waals surface area contributed by atoms with Crippen LogP contribution in [0.1, 0.15) is 0 Å². The van der Waals surface area contributed by atoms with E-state index in [1.807, 2.05) is 0 Å². The highest BCUT2D eigenvalue weighted by Crippen LogP contribution is 2.18. The minimum Gasteiger partial charge on any atom is -0.311 e. The molecule has 1 N–H and O–H groups in total. The van der Waals surface area contributed by atoms with Crippen LogP contribution in [-0.4, -0.2) is 19.0 Å². The van der Waals surface area contributed by atoms with Crippen LogP contribution in [0.3, 0.4) is 0 Å². The van der Waals surface area contributed by atoms with E-state index in [-0.39, 0.29) is 6.54 Å². The summed E-state index contributed by atoms with van der Waals surface area (Å²) in [4.78, 5) is 0. The van der Waals surface area contributed by atoms with Crippen molar-refractivity contribution in [2.45, 2.75) is 5.92 Å². The lowest BCUT2D eigenvalue weighted by Crippen LogP contribution is -2.19. The van der Waals surface area contributed by atoms with Crippen LogP contribution in [0.5, 0.6) is 0 Å². The number of halogens is 2. The van der Waals surface area contributed by atoms with Crippen molar-refractivity contribution in [2.75, 3.05) is 13.1 Å². The number of hydrogen-bond acceptors (Lipinski definition) is 1. The summed E-state index contributed by atoms with van der Waals surface area (Å²) in [6.45, 7) is 0.153. The molecule has 1 heterocycles. The first kappa shape index (κ1) is 4.97. The standard InChI is InChI=1S/C4H6F2N/c5-4(6)1-2-7-3-4/h1,7H,2-3H2. The summed E-state index contributed by atoms with van der Waals surface area (Å²) in [5.41, 5.74) is 0. The molecule has 1 nitrogen and oxygen atoms in total. The Morgan fingerprint density at radius 3 is 2.43 bits per heavy atom. The van der Waals surface area contributed by atoms with E-state index in [9.17, 15) is 8.78 Å². The molecule has 7 heavy (non-hydrogen) atoms. The average molecular weight is 106 g/mol. The SMILES string of the molecule is FC1(F)[CH]CNC1. The van der Waals surface area contributed by atoms with Crippen molar-refractivity contribution in [3.63, 3.8) is 0 Å². The molecule has 3 heteroatoms. The summed E-state index contributed by atoms with van der Waals surface area (Å²) < 4.78 is 23.7. The summed E-state index contributed by atoms with van der Waals surface area (Å²) in [6, 6.07) is 0. The zero-order chi connectivity index (χ0) is 5.33. The van der Waals surface area contributed by atoms with Gasteiger partial charge in [0.05, 0.1) is 6.54 Å². The Labute approximate surface area is 40.7 Å². The molecular weight excluding hydrogens is 100 g/mol. The van der Waals surface area contributed by atoms with Gasteiger partial charge >= 0.3 is 0 Å². The summed E-state index contributed by atoms with van der Waals surface area (Å²) in [6.07, 6.45) is 0.979. The molecule has 0 aliphatic carbocycles. The first-order chi connectivity index (χ1) is 3.21. The largest absolute Gasteiger partial charge is 0.311 e. The van der Waals surface area contributed by atoms with E-state index in [1.165, 1.54) is 0 Å². The molecule has 1 rings (SSSR count). The number of rotatable bonds is 0. The molecule has 1 fully saturated rings. The van der Waals surface area contributed by atoms with Crippen LogP contribution >= 0.6 is 0 Å². The van der Waals surface area contributed by atoms with Crippen LogP contribution in [0.2, 0.25) is 0 Å². The predicted molar refractivity (Wildman–Crippen MR) is 22.1 cm³/mol. The summed E-state index contributed by atoms with van der Waals surface area (Å²) in [5.74, 6) is -2.54. The summed E-state index contributed by atoms with van der Waals surface area (Å²) in [7, 11) is 0. The molecule has 0 aromatic carbocycles. The first-order valence-corrected chi connectivity index (χ1v) is 2.14. The lowest BCUT2D eigenvalue weighted by Gasteiger charge is -2.01. The molecular formula is C4H6F2N. The topological polar surface area (TPSA) is 12.0 Å². The fraction of sp³-hybridized carbons (Fsp3) is 0.750. The number of hydrogen-bond donors (Lipinski definition) is 1. The van der Waals surface area contributed by atoms with E-state index in [1.54, 1.807) is 0 Å². The Balaban J connectivity index is 2.40. The quantitative estimate of drug-likeness (QED) is 0.472. The van der Waals surface area contributed by atoms with Gasteiger partial charge in [-0.2, -0.15) is 0 Å². The lowest BCUT2D eigenvalue weighted by atomic mass is 10.3. The van der Waals surface area contributed by atoms with Gasteiger partial charge in [0.25, 0.3) is 5.92 Å². The molecule has 0 bridgehead atoms. The molecule has 1 aliphatic heterocycles. The van der Waals surface area contributed by atoms with Crippen molar-refractivity contribution in [2.24, 2.45) is 0 Å². The maximum absolute atomic E-state index is 11.8. The fourth-order valence-corrected chi connectivity index (χ4v) is 0.532. The van der Waals surface area contributed by atoms with E-state index >= 15 is 0 Å². The highest BCUT2D eigenvalue weighted by atomic mass is 19.3. The molecule has 0 amide bonds.